The fourth-order valence-corrected chi connectivity index (χ4v) is 2.83. The molecule has 0 aliphatic heterocycles. The molecule has 0 bridgehead atoms. The first kappa shape index (κ1) is 13.5. The van der Waals surface area contributed by atoms with E-state index < -0.39 is 0 Å². The molecule has 1 heterocycles. The molecule has 0 saturated heterocycles. The van der Waals surface area contributed by atoms with E-state index in [-0.39, 0.29) is 0 Å². The van der Waals surface area contributed by atoms with Gasteiger partial charge >= 0.3 is 0 Å². The normalized spacial score (nSPS) is 18.7. The zero-order valence-electron chi connectivity index (χ0n) is 12.0. The summed E-state index contributed by atoms with van der Waals surface area (Å²) in [6.07, 6.45) is 5.29. The van der Waals surface area contributed by atoms with Gasteiger partial charge in [-0.15, -0.1) is 10.2 Å². The first-order valence-corrected chi connectivity index (χ1v) is 6.78. The van der Waals surface area contributed by atoms with Crippen LogP contribution >= 0.6 is 0 Å². The minimum atomic E-state index is 0.341. The molecule has 102 valence electrons. The Balaban J connectivity index is 1.89. The highest BCUT2D eigenvalue weighted by Crippen LogP contribution is 2.33. The number of aryl methyl sites for hydroxylation is 1. The van der Waals surface area contributed by atoms with Crippen LogP contribution in [-0.4, -0.2) is 45.8 Å². The van der Waals surface area contributed by atoms with E-state index in [2.05, 4.69) is 34.5 Å². The van der Waals surface area contributed by atoms with Crippen molar-refractivity contribution in [2.75, 3.05) is 20.6 Å². The minimum Gasteiger partial charge on any atom is -0.317 e. The molecule has 1 N–H and O–H groups in total. The van der Waals surface area contributed by atoms with Crippen LogP contribution in [0.3, 0.4) is 0 Å². The Morgan fingerprint density at radius 2 is 1.94 bits per heavy atom. The molecular weight excluding hydrogens is 226 g/mol. The third-order valence-corrected chi connectivity index (χ3v) is 4.40. The van der Waals surface area contributed by atoms with Gasteiger partial charge in [-0.1, -0.05) is 12.8 Å². The van der Waals surface area contributed by atoms with E-state index in [9.17, 15) is 0 Å². The van der Waals surface area contributed by atoms with Gasteiger partial charge < -0.3 is 14.8 Å². The Morgan fingerprint density at radius 1 is 1.28 bits per heavy atom. The predicted molar refractivity (Wildman–Crippen MR) is 72.3 cm³/mol. The molecule has 5 nitrogen and oxygen atoms in total. The van der Waals surface area contributed by atoms with E-state index in [1.807, 2.05) is 18.5 Å². The molecule has 18 heavy (non-hydrogen) atoms. The van der Waals surface area contributed by atoms with Crippen LogP contribution in [0.15, 0.2) is 0 Å². The van der Waals surface area contributed by atoms with Crippen LogP contribution in [0.25, 0.3) is 0 Å². The maximum absolute atomic E-state index is 4.18. The fourth-order valence-electron chi connectivity index (χ4n) is 2.83. The quantitative estimate of drug-likeness (QED) is 0.851. The maximum atomic E-state index is 4.18. The van der Waals surface area contributed by atoms with Crippen molar-refractivity contribution in [3.63, 3.8) is 0 Å². The van der Waals surface area contributed by atoms with Gasteiger partial charge in [-0.05, 0) is 33.9 Å². The average molecular weight is 251 g/mol. The number of rotatable bonds is 5. The molecule has 0 unspecified atom stereocenters. The van der Waals surface area contributed by atoms with E-state index in [0.717, 1.165) is 24.7 Å². The van der Waals surface area contributed by atoms with Gasteiger partial charge in [0.25, 0.3) is 0 Å². The molecule has 1 aromatic heterocycles. The minimum absolute atomic E-state index is 0.341. The van der Waals surface area contributed by atoms with E-state index in [1.165, 1.54) is 25.7 Å². The van der Waals surface area contributed by atoms with Gasteiger partial charge in [-0.2, -0.15) is 0 Å². The summed E-state index contributed by atoms with van der Waals surface area (Å²) < 4.78 is 2.05. The highest BCUT2D eigenvalue weighted by atomic mass is 15.3. The van der Waals surface area contributed by atoms with Crippen LogP contribution in [0.1, 0.15) is 37.3 Å². The lowest BCUT2D eigenvalue weighted by molar-refractivity contribution is 0.153. The van der Waals surface area contributed by atoms with E-state index >= 15 is 0 Å². The SMILES string of the molecule is Cc1nnc(CNCC2(N(C)C)CCCC2)n1C. The number of hydrogen-bond donors (Lipinski definition) is 1. The molecule has 1 aromatic rings. The van der Waals surface area contributed by atoms with Gasteiger partial charge in [0.15, 0.2) is 0 Å². The molecule has 5 heteroatoms. The number of nitrogens with zero attached hydrogens (tertiary/aromatic N) is 4. The van der Waals surface area contributed by atoms with Gasteiger partial charge in [0.1, 0.15) is 11.6 Å². The number of nitrogens with one attached hydrogen (secondary N) is 1. The zero-order valence-corrected chi connectivity index (χ0v) is 12.0. The molecule has 0 aromatic carbocycles. The van der Waals surface area contributed by atoms with Crippen LogP contribution in [-0.2, 0) is 13.6 Å². The smallest absolute Gasteiger partial charge is 0.146 e. The molecule has 1 saturated carbocycles. The molecule has 2 rings (SSSR count). The Hall–Kier alpha value is -0.940. The van der Waals surface area contributed by atoms with E-state index in [1.54, 1.807) is 0 Å². The maximum Gasteiger partial charge on any atom is 0.146 e. The lowest BCUT2D eigenvalue weighted by Gasteiger charge is -2.36. The van der Waals surface area contributed by atoms with Crippen LogP contribution < -0.4 is 5.32 Å². The topological polar surface area (TPSA) is 46.0 Å². The van der Waals surface area contributed by atoms with Crippen molar-refractivity contribution in [2.24, 2.45) is 7.05 Å². The summed E-state index contributed by atoms with van der Waals surface area (Å²) in [5.41, 5.74) is 0.341. The summed E-state index contributed by atoms with van der Waals surface area (Å²) in [7, 11) is 6.41. The third-order valence-electron chi connectivity index (χ3n) is 4.40. The molecule has 0 radical (unpaired) electrons. The highest BCUT2D eigenvalue weighted by Gasteiger charge is 2.35. The molecule has 1 aliphatic rings. The lowest BCUT2D eigenvalue weighted by Crippen LogP contribution is -2.49. The molecule has 0 spiro atoms. The van der Waals surface area contributed by atoms with Crippen LogP contribution in [0.4, 0.5) is 0 Å². The van der Waals surface area contributed by atoms with Gasteiger partial charge in [0.05, 0.1) is 6.54 Å². The average Bonchev–Trinajstić information content (AvgIpc) is 2.92. The molecule has 0 amide bonds. The molecule has 0 atom stereocenters. The van der Waals surface area contributed by atoms with Crippen molar-refractivity contribution in [1.82, 2.24) is 25.0 Å². The summed E-state index contributed by atoms with van der Waals surface area (Å²) in [6.45, 7) is 3.81. The highest BCUT2D eigenvalue weighted by molar-refractivity contribution is 4.96. The molecule has 1 aliphatic carbocycles. The molecular formula is C13H25N5. The summed E-state index contributed by atoms with van der Waals surface area (Å²) in [5, 5.41) is 11.8. The monoisotopic (exact) mass is 251 g/mol. The van der Waals surface area contributed by atoms with Crippen molar-refractivity contribution in [3.05, 3.63) is 11.6 Å². The second kappa shape index (κ2) is 5.36. The van der Waals surface area contributed by atoms with Crippen molar-refractivity contribution >= 4 is 0 Å². The summed E-state index contributed by atoms with van der Waals surface area (Å²) in [6, 6.07) is 0. The third kappa shape index (κ3) is 2.57. The zero-order chi connectivity index (χ0) is 13.2. The number of aromatic nitrogens is 3. The first-order chi connectivity index (χ1) is 8.55. The largest absolute Gasteiger partial charge is 0.317 e. The lowest BCUT2D eigenvalue weighted by atomic mass is 9.96. The van der Waals surface area contributed by atoms with Crippen LogP contribution in [0, 0.1) is 6.92 Å². The van der Waals surface area contributed by atoms with Gasteiger partial charge in [0.2, 0.25) is 0 Å². The standard InChI is InChI=1S/C13H25N5/c1-11-15-16-12(18(11)4)9-14-10-13(17(2)3)7-5-6-8-13/h14H,5-10H2,1-4H3. The summed E-state index contributed by atoms with van der Waals surface area (Å²) >= 11 is 0. The van der Waals surface area contributed by atoms with E-state index in [4.69, 9.17) is 0 Å². The number of hydrogen-bond acceptors (Lipinski definition) is 4. The van der Waals surface area contributed by atoms with Crippen molar-refractivity contribution in [2.45, 2.75) is 44.7 Å². The van der Waals surface area contributed by atoms with Gasteiger partial charge in [-0.25, -0.2) is 0 Å². The summed E-state index contributed by atoms with van der Waals surface area (Å²) in [4.78, 5) is 2.38. The van der Waals surface area contributed by atoms with E-state index in [0.29, 0.717) is 5.54 Å². The second-order valence-corrected chi connectivity index (χ2v) is 5.65. The fraction of sp³-hybridized carbons (Fsp3) is 0.846. The van der Waals surface area contributed by atoms with Crippen molar-refractivity contribution in [1.29, 1.82) is 0 Å². The molecule has 1 fully saturated rings. The van der Waals surface area contributed by atoms with Gasteiger partial charge in [0, 0.05) is 19.1 Å². The van der Waals surface area contributed by atoms with Crippen molar-refractivity contribution < 1.29 is 0 Å². The predicted octanol–water partition coefficient (Wildman–Crippen LogP) is 1.09. The Kier molecular flexibility index (Phi) is 4.02. The van der Waals surface area contributed by atoms with Gasteiger partial charge in [-0.3, -0.25) is 0 Å². The Bertz CT molecular complexity index is 390. The first-order valence-electron chi connectivity index (χ1n) is 6.78. The Morgan fingerprint density at radius 3 is 2.44 bits per heavy atom. The number of likely N-dealkylation sites (N-methyl/N-ethyl adjacent to an activating group) is 1. The Labute approximate surface area is 110 Å². The van der Waals surface area contributed by atoms with Crippen molar-refractivity contribution in [3.8, 4) is 0 Å². The van der Waals surface area contributed by atoms with Crippen LogP contribution in [0.2, 0.25) is 0 Å². The summed E-state index contributed by atoms with van der Waals surface area (Å²) in [5.74, 6) is 1.98. The second-order valence-electron chi connectivity index (χ2n) is 5.65. The van der Waals surface area contributed by atoms with Crippen LogP contribution in [0.5, 0.6) is 0 Å².